The van der Waals surface area contributed by atoms with Crippen LogP contribution in [0.3, 0.4) is 0 Å². The van der Waals surface area contributed by atoms with Crippen LogP contribution in [0.4, 0.5) is 0 Å². The fraction of sp³-hybridized carbons (Fsp3) is 0.136. The molecule has 0 aliphatic carbocycles. The van der Waals surface area contributed by atoms with Gasteiger partial charge in [-0.25, -0.2) is 5.43 Å². The summed E-state index contributed by atoms with van der Waals surface area (Å²) in [7, 11) is -1.05. The number of nitrogens with one attached hydrogen (secondary N) is 1. The van der Waals surface area contributed by atoms with Gasteiger partial charge in [-0.3, -0.25) is 9.80 Å². The average molecular weight is 619 g/mol. The Morgan fingerprint density at radius 2 is 1.38 bits per heavy atom. The van der Waals surface area contributed by atoms with Gasteiger partial charge in [-0.05, 0) is 25.4 Å². The second-order valence-corrected chi connectivity index (χ2v) is 8.99. The molecule has 0 aromatic heterocycles. The van der Waals surface area contributed by atoms with E-state index in [1.807, 2.05) is 54.6 Å². The summed E-state index contributed by atoms with van der Waals surface area (Å²) in [5.74, 6) is -0.436. The van der Waals surface area contributed by atoms with Crippen LogP contribution in [-0.2, 0) is 4.79 Å². The molecule has 1 radical (unpaired) electrons. The molecular weight excluding hydrogens is 598 g/mol. The predicted octanol–water partition coefficient (Wildman–Crippen LogP) is 3.97. The molecule has 1 fully saturated rings. The van der Waals surface area contributed by atoms with Crippen molar-refractivity contribution in [3.05, 3.63) is 90.0 Å². The van der Waals surface area contributed by atoms with Crippen LogP contribution in [-0.4, -0.2) is 21.1 Å². The van der Waals surface area contributed by atoms with Crippen LogP contribution in [0.15, 0.2) is 78.9 Å². The summed E-state index contributed by atoms with van der Waals surface area (Å²) in [6.07, 6.45) is 0. The van der Waals surface area contributed by atoms with Crippen LogP contribution in [0.1, 0.15) is 29.6 Å². The van der Waals surface area contributed by atoms with Gasteiger partial charge in [-0.1, -0.05) is 66.7 Å². The molecule has 3 atom stereocenters. The minimum Gasteiger partial charge on any atom is -0.508 e. The molecule has 1 aliphatic rings. The summed E-state index contributed by atoms with van der Waals surface area (Å²) in [5.41, 5.74) is 4.74. The average Bonchev–Trinajstić information content (AvgIpc) is 3.10. The Morgan fingerprint density at radius 3 is 1.93 bits per heavy atom. The fourth-order valence-corrected chi connectivity index (χ4v) is 6.76. The number of phenols is 2. The third-order valence-corrected chi connectivity index (χ3v) is 7.77. The van der Waals surface area contributed by atoms with E-state index in [2.05, 4.69) is 5.43 Å². The molecule has 1 amide bonds. The molecule has 3 aromatic carbocycles. The van der Waals surface area contributed by atoms with E-state index in [4.69, 9.17) is 0 Å². The number of hydrogen-bond donors (Lipinski definition) is 3. The van der Waals surface area contributed by atoms with Crippen LogP contribution >= 0.6 is 7.92 Å². The molecule has 3 aromatic rings. The first-order valence-corrected chi connectivity index (χ1v) is 10.5. The Morgan fingerprint density at radius 1 is 0.862 bits per heavy atom. The summed E-state index contributed by atoms with van der Waals surface area (Å²) in [6.45, 7) is 1.51. The predicted molar refractivity (Wildman–Crippen MR) is 110 cm³/mol. The molecule has 5 nitrogen and oxygen atoms in total. The van der Waals surface area contributed by atoms with E-state index in [1.165, 1.54) is 6.92 Å². The van der Waals surface area contributed by atoms with Crippen molar-refractivity contribution in [2.45, 2.75) is 18.5 Å². The van der Waals surface area contributed by atoms with E-state index in [1.54, 1.807) is 29.3 Å². The van der Waals surface area contributed by atoms with Gasteiger partial charge in [0.25, 0.3) is 0 Å². The summed E-state index contributed by atoms with van der Waals surface area (Å²) in [6, 6.07) is 24.3. The minimum atomic E-state index is -1.05. The smallest absolute Gasteiger partial charge is 0.234 e. The molecule has 4 rings (SSSR count). The Bertz CT molecular complexity index is 1000. The first kappa shape index (κ1) is 22.3. The topological polar surface area (TPSA) is 72.8 Å². The van der Waals surface area contributed by atoms with Gasteiger partial charge >= 0.3 is 0 Å². The number of aromatic hydroxyl groups is 2. The van der Waals surface area contributed by atoms with Crippen LogP contribution in [0, 0.1) is 44.1 Å². The van der Waals surface area contributed by atoms with E-state index in [0.29, 0.717) is 5.56 Å². The number of amides is 1. The maximum Gasteiger partial charge on any atom is 0.234 e. The minimum absolute atomic E-state index is 0. The van der Waals surface area contributed by atoms with E-state index in [-0.39, 0.29) is 73.0 Å². The van der Waals surface area contributed by atoms with Crippen molar-refractivity contribution in [2.75, 3.05) is 0 Å². The number of carbonyl (C=O) groups is 1. The van der Waals surface area contributed by atoms with Gasteiger partial charge in [0.1, 0.15) is 17.3 Å². The Labute approximate surface area is 207 Å². The third kappa shape index (κ3) is 4.37. The summed E-state index contributed by atoms with van der Waals surface area (Å²) in [5, 5.41) is 23.7. The van der Waals surface area contributed by atoms with Crippen molar-refractivity contribution in [3.63, 3.8) is 0 Å². The van der Waals surface area contributed by atoms with Crippen molar-refractivity contribution in [3.8, 4) is 11.5 Å². The number of para-hydroxylation sites is 2. The largest absolute Gasteiger partial charge is 0.508 e. The van der Waals surface area contributed by atoms with E-state index < -0.39 is 7.92 Å². The van der Waals surface area contributed by atoms with Crippen molar-refractivity contribution in [1.82, 2.24) is 10.4 Å². The molecule has 0 unspecified atom stereocenters. The molecule has 7 heteroatoms. The van der Waals surface area contributed by atoms with E-state index >= 15 is 0 Å². The van der Waals surface area contributed by atoms with Crippen molar-refractivity contribution in [1.29, 1.82) is 0 Å². The molecule has 0 saturated carbocycles. The van der Waals surface area contributed by atoms with Crippen LogP contribution in [0.2, 0.25) is 0 Å². The van der Waals surface area contributed by atoms with Crippen LogP contribution < -0.4 is 10.7 Å². The quantitative estimate of drug-likeness (QED) is 0.389. The summed E-state index contributed by atoms with van der Waals surface area (Å²) in [4.78, 5) is 12.5. The first-order chi connectivity index (χ1) is 13.6. The molecule has 1 heterocycles. The van der Waals surface area contributed by atoms with Crippen LogP contribution in [0.25, 0.3) is 0 Å². The van der Waals surface area contributed by atoms with Gasteiger partial charge in [0.15, 0.2) is 0 Å². The number of hydrazine groups is 1. The molecule has 1 saturated heterocycles. The number of carbonyl (C=O) groups excluding carboxylic acids is 1. The fourth-order valence-electron chi connectivity index (χ4n) is 3.62. The van der Waals surface area contributed by atoms with Crippen LogP contribution in [0.5, 0.6) is 11.5 Å². The van der Waals surface area contributed by atoms with Gasteiger partial charge in [-0.2, -0.15) is 0 Å². The molecule has 0 spiro atoms. The Balaban J connectivity index is 0.00000240. The first-order valence-electron chi connectivity index (χ1n) is 9.03. The zero-order valence-corrected chi connectivity index (χ0v) is 21.6. The Hall–Kier alpha value is -1.44. The summed E-state index contributed by atoms with van der Waals surface area (Å²) < 4.78 is 0. The molecular formula is C22H21AcN2O3P. The third-order valence-electron chi connectivity index (χ3n) is 4.89. The zero-order chi connectivity index (χ0) is 19.7. The number of benzene rings is 3. The molecule has 145 valence electrons. The number of rotatable bonds is 3. The van der Waals surface area contributed by atoms with Gasteiger partial charge in [0.05, 0.1) is 5.78 Å². The Kier molecular flexibility index (Phi) is 7.35. The maximum atomic E-state index is 12.5. The van der Waals surface area contributed by atoms with Crippen molar-refractivity contribution < 1.29 is 59.1 Å². The van der Waals surface area contributed by atoms with Gasteiger partial charge in [0.2, 0.25) is 5.91 Å². The summed E-state index contributed by atoms with van der Waals surface area (Å²) >= 11 is 0. The van der Waals surface area contributed by atoms with E-state index in [0.717, 1.165) is 10.9 Å². The molecule has 29 heavy (non-hydrogen) atoms. The van der Waals surface area contributed by atoms with Crippen molar-refractivity contribution >= 4 is 19.1 Å². The SMILES string of the molecule is CC(=O)N1N[C@H](c2ccccc2O)[P@](c2ccccc2)[C@H]1c1ccccc1O.[Ac]. The number of phenolic OH excluding ortho intramolecular Hbond substituents is 2. The zero-order valence-electron chi connectivity index (χ0n) is 15.9. The normalized spacial score (nSPS) is 20.9. The number of hydrogen-bond acceptors (Lipinski definition) is 4. The second kappa shape index (κ2) is 9.58. The van der Waals surface area contributed by atoms with E-state index in [9.17, 15) is 15.0 Å². The standard InChI is InChI=1S/C22H21N2O3P.Ac/c1-15(25)24-22(18-12-6-8-14-20(18)27)28(16-9-3-2-4-10-16)21(23-24)17-11-5-7-13-19(17)26;/h2-14,21-23,26-27H,1H3;/t21-,22-,28-;/m0./s1. The van der Waals surface area contributed by atoms with Gasteiger partial charge in [-0.15, -0.1) is 0 Å². The molecule has 1 aliphatic heterocycles. The van der Waals surface area contributed by atoms with Gasteiger partial charge < -0.3 is 10.2 Å². The molecule has 3 N–H and O–H groups in total. The van der Waals surface area contributed by atoms with Gasteiger partial charge in [0, 0.05) is 62.1 Å². The maximum absolute atomic E-state index is 12.5. The monoisotopic (exact) mass is 619 g/mol. The van der Waals surface area contributed by atoms with Crippen molar-refractivity contribution in [2.24, 2.45) is 0 Å². The second-order valence-electron chi connectivity index (χ2n) is 6.65. The number of nitrogens with zero attached hydrogens (tertiary/aromatic N) is 1. The molecule has 0 bridgehead atoms.